The summed E-state index contributed by atoms with van der Waals surface area (Å²) in [4.78, 5) is 46.3. The lowest BCUT2D eigenvalue weighted by Gasteiger charge is -2.47. The molecule has 0 aromatic rings. The van der Waals surface area contributed by atoms with Crippen molar-refractivity contribution in [1.29, 1.82) is 0 Å². The average molecular weight is 561 g/mol. The fraction of sp³-hybridized carbons (Fsp3) is 0.781. The summed E-state index contributed by atoms with van der Waals surface area (Å²) in [6.45, 7) is 24.1. The highest BCUT2D eigenvalue weighted by molar-refractivity contribution is 5.99. The molecule has 8 nitrogen and oxygen atoms in total. The number of esters is 1. The number of carbonyl (C=O) groups excluding carboxylic acids is 3. The summed E-state index contributed by atoms with van der Waals surface area (Å²) in [5.41, 5.74) is -2.66. The molecule has 6 atom stereocenters. The summed E-state index contributed by atoms with van der Waals surface area (Å²) in [5, 5.41) is 10.5. The van der Waals surface area contributed by atoms with Gasteiger partial charge in [0.1, 0.15) is 17.6 Å². The zero-order chi connectivity index (χ0) is 30.3. The lowest BCUT2D eigenvalue weighted by molar-refractivity contribution is -0.165. The zero-order valence-corrected chi connectivity index (χ0v) is 26.0. The Bertz CT molecular complexity index is 1000. The maximum Gasteiger partial charge on any atom is 0.312 e. The molecule has 0 aromatic heterocycles. The Morgan fingerprint density at radius 1 is 1.20 bits per heavy atom. The van der Waals surface area contributed by atoms with E-state index in [4.69, 9.17) is 9.47 Å². The van der Waals surface area contributed by atoms with Gasteiger partial charge in [-0.05, 0) is 57.3 Å². The number of likely N-dealkylation sites (tertiary alicyclic amines) is 1. The lowest BCUT2D eigenvalue weighted by atomic mass is 9.65. The van der Waals surface area contributed by atoms with Crippen LogP contribution in [0.4, 0.5) is 0 Å². The van der Waals surface area contributed by atoms with Gasteiger partial charge >= 0.3 is 5.97 Å². The van der Waals surface area contributed by atoms with E-state index in [-0.39, 0.29) is 36.4 Å². The minimum atomic E-state index is -1.17. The summed E-state index contributed by atoms with van der Waals surface area (Å²) in [7, 11) is 0. The minimum Gasteiger partial charge on any atom is -0.465 e. The van der Waals surface area contributed by atoms with Gasteiger partial charge in [0.05, 0.1) is 30.8 Å². The Morgan fingerprint density at radius 2 is 1.85 bits per heavy atom. The third kappa shape index (κ3) is 5.38. The molecule has 3 fully saturated rings. The number of nitrogens with zero attached hydrogens (tertiary/aromatic N) is 2. The second kappa shape index (κ2) is 11.6. The molecule has 0 radical (unpaired) electrons. The van der Waals surface area contributed by atoms with E-state index in [0.29, 0.717) is 32.2 Å². The van der Waals surface area contributed by atoms with Crippen LogP contribution in [-0.2, 0) is 23.9 Å². The molecule has 3 aliphatic heterocycles. The SMILES string of the molecule is C=CCCOC(=O)[C@H]1[C@H]2C(=O)N([C@@H](CO)C(C)C)C(C(=O)N(CC=C)C(C)(C)CC(C)(C)C)C23CC[C@]1(CC)O3. The summed E-state index contributed by atoms with van der Waals surface area (Å²) in [6, 6.07) is -1.57. The number of ether oxygens (including phenoxy) is 2. The normalized spacial score (nSPS) is 30.4. The molecule has 3 saturated heterocycles. The molecule has 0 aliphatic carbocycles. The van der Waals surface area contributed by atoms with Crippen molar-refractivity contribution < 1.29 is 29.0 Å². The standard InChI is InChI=1S/C32H52N2O6/c1-11-14-18-39-28(38)24-23-26(36)34(22(19-35)21(4)5)25(32(23)16-15-31(24,13-3)40-32)27(37)33(17-12-2)30(9,10)20-29(6,7)8/h11-12,21-25,35H,1-2,13-20H2,3-10H3/t22-,23-,24+,25?,31-,32?/m0/s1. The van der Waals surface area contributed by atoms with Gasteiger partial charge in [-0.2, -0.15) is 0 Å². The smallest absolute Gasteiger partial charge is 0.312 e. The Morgan fingerprint density at radius 3 is 2.35 bits per heavy atom. The fourth-order valence-corrected chi connectivity index (χ4v) is 7.91. The molecule has 2 unspecified atom stereocenters. The van der Waals surface area contributed by atoms with Crippen molar-refractivity contribution in [3.05, 3.63) is 25.3 Å². The molecule has 3 rings (SSSR count). The topological polar surface area (TPSA) is 96.4 Å². The van der Waals surface area contributed by atoms with Crippen molar-refractivity contribution in [2.24, 2.45) is 23.2 Å². The Hall–Kier alpha value is -2.19. The number of aliphatic hydroxyl groups is 1. The van der Waals surface area contributed by atoms with Crippen LogP contribution < -0.4 is 0 Å². The van der Waals surface area contributed by atoms with Gasteiger partial charge in [-0.1, -0.05) is 53.7 Å². The molecule has 3 aliphatic rings. The van der Waals surface area contributed by atoms with E-state index in [1.807, 2.05) is 39.5 Å². The molecule has 0 aromatic carbocycles. The molecular weight excluding hydrogens is 508 g/mol. The van der Waals surface area contributed by atoms with Crippen molar-refractivity contribution in [1.82, 2.24) is 9.80 Å². The molecule has 8 heteroatoms. The van der Waals surface area contributed by atoms with Gasteiger partial charge in [0.15, 0.2) is 0 Å². The Kier molecular flexibility index (Phi) is 9.37. The van der Waals surface area contributed by atoms with E-state index in [1.165, 1.54) is 0 Å². The maximum atomic E-state index is 14.9. The number of rotatable bonds is 13. The van der Waals surface area contributed by atoms with E-state index >= 15 is 0 Å². The second-order valence-electron chi connectivity index (χ2n) is 14.1. The molecule has 3 heterocycles. The van der Waals surface area contributed by atoms with Gasteiger partial charge in [0, 0.05) is 12.1 Å². The van der Waals surface area contributed by atoms with E-state index < -0.39 is 46.6 Å². The number of carbonyl (C=O) groups is 3. The van der Waals surface area contributed by atoms with Crippen LogP contribution in [-0.4, -0.2) is 81.3 Å². The van der Waals surface area contributed by atoms with Crippen molar-refractivity contribution in [3.63, 3.8) is 0 Å². The first-order valence-corrected chi connectivity index (χ1v) is 14.9. The van der Waals surface area contributed by atoms with Gasteiger partial charge in [-0.15, -0.1) is 13.2 Å². The predicted octanol–water partition coefficient (Wildman–Crippen LogP) is 4.51. The van der Waals surface area contributed by atoms with Crippen molar-refractivity contribution in [2.45, 2.75) is 116 Å². The quantitative estimate of drug-likeness (QED) is 0.202. The largest absolute Gasteiger partial charge is 0.465 e. The van der Waals surface area contributed by atoms with Crippen LogP contribution >= 0.6 is 0 Å². The van der Waals surface area contributed by atoms with Crippen LogP contribution in [0.25, 0.3) is 0 Å². The van der Waals surface area contributed by atoms with E-state index in [2.05, 4.69) is 33.9 Å². The molecule has 0 saturated carbocycles. The highest BCUT2D eigenvalue weighted by atomic mass is 16.6. The number of hydrogen-bond donors (Lipinski definition) is 1. The first kappa shape index (κ1) is 32.3. The van der Waals surface area contributed by atoms with E-state index in [9.17, 15) is 19.5 Å². The summed E-state index contributed by atoms with van der Waals surface area (Å²) in [6.07, 6.45) is 6.20. The van der Waals surface area contributed by atoms with Gasteiger partial charge in [-0.25, -0.2) is 0 Å². The summed E-state index contributed by atoms with van der Waals surface area (Å²) < 4.78 is 12.5. The maximum absolute atomic E-state index is 14.9. The third-order valence-corrected chi connectivity index (χ3v) is 9.26. The van der Waals surface area contributed by atoms with Crippen LogP contribution in [0.5, 0.6) is 0 Å². The zero-order valence-electron chi connectivity index (χ0n) is 26.0. The highest BCUT2D eigenvalue weighted by Crippen LogP contribution is 2.65. The molecule has 40 heavy (non-hydrogen) atoms. The van der Waals surface area contributed by atoms with Crippen LogP contribution in [0.2, 0.25) is 0 Å². The predicted molar refractivity (Wildman–Crippen MR) is 155 cm³/mol. The number of hydrogen-bond acceptors (Lipinski definition) is 6. The lowest BCUT2D eigenvalue weighted by Crippen LogP contribution is -2.63. The van der Waals surface area contributed by atoms with Crippen LogP contribution in [0, 0.1) is 23.2 Å². The first-order chi connectivity index (χ1) is 18.6. The van der Waals surface area contributed by atoms with Crippen molar-refractivity contribution in [3.8, 4) is 0 Å². The first-order valence-electron chi connectivity index (χ1n) is 14.9. The molecule has 1 spiro atoms. The number of amides is 2. The second-order valence-corrected chi connectivity index (χ2v) is 14.1. The van der Waals surface area contributed by atoms with E-state index in [1.54, 1.807) is 17.1 Å². The summed E-state index contributed by atoms with van der Waals surface area (Å²) in [5.74, 6) is -2.78. The van der Waals surface area contributed by atoms with Crippen LogP contribution in [0.3, 0.4) is 0 Å². The monoisotopic (exact) mass is 560 g/mol. The van der Waals surface area contributed by atoms with Gasteiger partial charge < -0.3 is 24.4 Å². The fourth-order valence-electron chi connectivity index (χ4n) is 7.91. The molecule has 2 amide bonds. The van der Waals surface area contributed by atoms with Gasteiger partial charge in [0.2, 0.25) is 11.8 Å². The number of aliphatic hydroxyl groups excluding tert-OH is 1. The molecular formula is C32H52N2O6. The molecule has 2 bridgehead atoms. The van der Waals surface area contributed by atoms with Crippen molar-refractivity contribution in [2.75, 3.05) is 19.8 Å². The Balaban J connectivity index is 2.18. The van der Waals surface area contributed by atoms with Crippen LogP contribution in [0.1, 0.15) is 87.5 Å². The van der Waals surface area contributed by atoms with E-state index in [0.717, 1.165) is 6.42 Å². The minimum absolute atomic E-state index is 0.0599. The summed E-state index contributed by atoms with van der Waals surface area (Å²) >= 11 is 0. The van der Waals surface area contributed by atoms with Crippen LogP contribution in [0.15, 0.2) is 25.3 Å². The highest BCUT2D eigenvalue weighted by Gasteiger charge is 2.80. The Labute approximate surface area is 241 Å². The molecule has 226 valence electrons. The number of fused-ring (bicyclic) bond motifs is 1. The molecule has 1 N–H and O–H groups in total. The third-order valence-electron chi connectivity index (χ3n) is 9.26. The van der Waals surface area contributed by atoms with Crippen molar-refractivity contribution >= 4 is 17.8 Å². The average Bonchev–Trinajstić information content (AvgIpc) is 3.45. The van der Waals surface area contributed by atoms with Gasteiger partial charge in [-0.3, -0.25) is 14.4 Å². The van der Waals surface area contributed by atoms with Gasteiger partial charge in [0.25, 0.3) is 0 Å².